The van der Waals surface area contributed by atoms with E-state index in [4.69, 9.17) is 10.5 Å². The van der Waals surface area contributed by atoms with Crippen molar-refractivity contribution in [3.63, 3.8) is 0 Å². The molecule has 0 aliphatic heterocycles. The van der Waals surface area contributed by atoms with Gasteiger partial charge < -0.3 is 20.1 Å². The third kappa shape index (κ3) is 2.93. The van der Waals surface area contributed by atoms with Gasteiger partial charge in [0.2, 0.25) is 0 Å². The van der Waals surface area contributed by atoms with Gasteiger partial charge in [-0.05, 0) is 39.3 Å². The molecule has 0 radical (unpaired) electrons. The molecule has 0 amide bonds. The van der Waals surface area contributed by atoms with Gasteiger partial charge in [-0.1, -0.05) is 13.3 Å². The molecular weight excluding hydrogens is 292 g/mol. The van der Waals surface area contributed by atoms with Crippen LogP contribution in [0.1, 0.15) is 55.7 Å². The Morgan fingerprint density at radius 1 is 1.35 bits per heavy atom. The van der Waals surface area contributed by atoms with E-state index in [1.165, 1.54) is 0 Å². The number of aromatic hydroxyl groups is 1. The molecule has 0 atom stereocenters. The second-order valence-corrected chi connectivity index (χ2v) is 6.43. The Balaban J connectivity index is 2.95. The zero-order valence-corrected chi connectivity index (χ0v) is 14.6. The largest absolute Gasteiger partial charge is 0.508 e. The highest BCUT2D eigenvalue weighted by molar-refractivity contribution is 6.08. The van der Waals surface area contributed by atoms with Crippen LogP contribution in [0.3, 0.4) is 0 Å². The highest BCUT2D eigenvalue weighted by Gasteiger charge is 2.30. The van der Waals surface area contributed by atoms with Gasteiger partial charge in [0.1, 0.15) is 5.75 Å². The van der Waals surface area contributed by atoms with E-state index in [0.717, 1.165) is 24.1 Å². The number of hydrogen-bond acceptors (Lipinski definition) is 4. The predicted octanol–water partition coefficient (Wildman–Crippen LogP) is 3.21. The molecule has 2 rings (SSSR count). The molecule has 1 heterocycles. The highest BCUT2D eigenvalue weighted by atomic mass is 16.5. The first-order valence-electron chi connectivity index (χ1n) is 8.03. The van der Waals surface area contributed by atoms with Gasteiger partial charge >= 0.3 is 5.97 Å². The summed E-state index contributed by atoms with van der Waals surface area (Å²) in [4.78, 5) is 12.6. The summed E-state index contributed by atoms with van der Waals surface area (Å²) in [7, 11) is 1.93. The lowest BCUT2D eigenvalue weighted by Crippen LogP contribution is -2.29. The lowest BCUT2D eigenvalue weighted by Gasteiger charge is -2.22. The third-order valence-electron chi connectivity index (χ3n) is 4.08. The summed E-state index contributed by atoms with van der Waals surface area (Å²) in [5.74, 6) is -0.262. The molecule has 1 aromatic heterocycles. The van der Waals surface area contributed by atoms with Gasteiger partial charge in [0.25, 0.3) is 0 Å². The standard InChI is InChI=1S/C18H26N2O3/c1-6-8-11-15(17(22)23-7-2)14-12(20(11)5)9-10-13(21)16(14)18(3,4)19/h9-10,21H,6-8,19H2,1-5H3. The van der Waals surface area contributed by atoms with E-state index in [-0.39, 0.29) is 11.7 Å². The van der Waals surface area contributed by atoms with Crippen LogP contribution in [-0.4, -0.2) is 22.2 Å². The van der Waals surface area contributed by atoms with Crippen molar-refractivity contribution in [2.45, 2.75) is 46.1 Å². The van der Waals surface area contributed by atoms with Gasteiger partial charge in [0.05, 0.1) is 12.2 Å². The number of esters is 1. The zero-order chi connectivity index (χ0) is 17.4. The minimum atomic E-state index is -0.782. The molecule has 0 spiro atoms. The number of hydrogen-bond donors (Lipinski definition) is 2. The molecule has 1 aromatic carbocycles. The minimum absolute atomic E-state index is 0.101. The second kappa shape index (κ2) is 6.24. The fourth-order valence-electron chi connectivity index (χ4n) is 3.18. The van der Waals surface area contributed by atoms with Gasteiger partial charge in [-0.3, -0.25) is 0 Å². The average molecular weight is 318 g/mol. The fraction of sp³-hybridized carbons (Fsp3) is 0.500. The van der Waals surface area contributed by atoms with Crippen LogP contribution in [-0.2, 0) is 23.7 Å². The van der Waals surface area contributed by atoms with Crippen LogP contribution in [0.25, 0.3) is 10.9 Å². The second-order valence-electron chi connectivity index (χ2n) is 6.43. The molecule has 0 saturated heterocycles. The summed E-state index contributed by atoms with van der Waals surface area (Å²) in [5, 5.41) is 11.1. The number of ether oxygens (including phenoxy) is 1. The maximum Gasteiger partial charge on any atom is 0.340 e. The lowest BCUT2D eigenvalue weighted by molar-refractivity contribution is 0.0527. The van der Waals surface area contributed by atoms with Crippen molar-refractivity contribution in [2.24, 2.45) is 12.8 Å². The van der Waals surface area contributed by atoms with Gasteiger partial charge in [0.15, 0.2) is 0 Å². The van der Waals surface area contributed by atoms with Crippen molar-refractivity contribution in [1.29, 1.82) is 0 Å². The molecule has 0 saturated carbocycles. The molecular formula is C18H26N2O3. The topological polar surface area (TPSA) is 77.5 Å². The fourth-order valence-corrected chi connectivity index (χ4v) is 3.18. The van der Waals surface area contributed by atoms with Crippen molar-refractivity contribution < 1.29 is 14.6 Å². The maximum absolute atomic E-state index is 12.6. The smallest absolute Gasteiger partial charge is 0.340 e. The highest BCUT2D eigenvalue weighted by Crippen LogP contribution is 2.39. The van der Waals surface area contributed by atoms with E-state index in [0.29, 0.717) is 23.1 Å². The number of aromatic nitrogens is 1. The summed E-state index contributed by atoms with van der Waals surface area (Å²) >= 11 is 0. The van der Waals surface area contributed by atoms with Gasteiger partial charge in [-0.25, -0.2) is 4.79 Å². The Morgan fingerprint density at radius 2 is 2.00 bits per heavy atom. The number of aryl methyl sites for hydroxylation is 1. The Morgan fingerprint density at radius 3 is 2.52 bits per heavy atom. The summed E-state index contributed by atoms with van der Waals surface area (Å²) in [6.45, 7) is 7.80. The minimum Gasteiger partial charge on any atom is -0.508 e. The van der Waals surface area contributed by atoms with Crippen molar-refractivity contribution in [3.8, 4) is 5.75 Å². The first-order chi connectivity index (χ1) is 10.7. The molecule has 0 unspecified atom stereocenters. The zero-order valence-electron chi connectivity index (χ0n) is 14.6. The van der Waals surface area contributed by atoms with Crippen LogP contribution < -0.4 is 5.73 Å². The third-order valence-corrected chi connectivity index (χ3v) is 4.08. The van der Waals surface area contributed by atoms with Gasteiger partial charge in [-0.15, -0.1) is 0 Å². The van der Waals surface area contributed by atoms with Crippen LogP contribution >= 0.6 is 0 Å². The Bertz CT molecular complexity index is 739. The summed E-state index contributed by atoms with van der Waals surface area (Å²) in [5.41, 5.74) is 8.39. The van der Waals surface area contributed by atoms with E-state index < -0.39 is 5.54 Å². The molecule has 5 nitrogen and oxygen atoms in total. The molecule has 3 N–H and O–H groups in total. The maximum atomic E-state index is 12.6. The number of nitrogens with two attached hydrogens (primary N) is 1. The normalized spacial score (nSPS) is 11.9. The summed E-state index contributed by atoms with van der Waals surface area (Å²) < 4.78 is 7.27. The number of rotatable bonds is 5. The van der Waals surface area contributed by atoms with E-state index in [9.17, 15) is 9.90 Å². The molecule has 0 fully saturated rings. The quantitative estimate of drug-likeness (QED) is 0.830. The molecule has 23 heavy (non-hydrogen) atoms. The van der Waals surface area contributed by atoms with Crippen LogP contribution in [0.5, 0.6) is 5.75 Å². The van der Waals surface area contributed by atoms with E-state index in [1.54, 1.807) is 13.0 Å². The lowest BCUT2D eigenvalue weighted by atomic mass is 9.89. The number of carbonyl (C=O) groups excluding carboxylic acids is 1. The van der Waals surface area contributed by atoms with Crippen molar-refractivity contribution in [1.82, 2.24) is 4.57 Å². The molecule has 0 bridgehead atoms. The van der Waals surface area contributed by atoms with E-state index in [2.05, 4.69) is 6.92 Å². The number of fused-ring (bicyclic) bond motifs is 1. The van der Waals surface area contributed by atoms with Crippen LogP contribution in [0.4, 0.5) is 0 Å². The Labute approximate surface area is 137 Å². The number of phenols is 1. The van der Waals surface area contributed by atoms with E-state index in [1.807, 2.05) is 31.5 Å². The number of carbonyl (C=O) groups is 1. The van der Waals surface area contributed by atoms with Crippen molar-refractivity contribution in [2.75, 3.05) is 6.61 Å². The monoisotopic (exact) mass is 318 g/mol. The Kier molecular flexibility index (Phi) is 4.71. The first kappa shape index (κ1) is 17.3. The number of phenolic OH excluding ortho intramolecular Hbond substituents is 1. The first-order valence-corrected chi connectivity index (χ1v) is 8.03. The molecule has 2 aromatic rings. The average Bonchev–Trinajstić information content (AvgIpc) is 2.71. The molecule has 5 heteroatoms. The van der Waals surface area contributed by atoms with E-state index >= 15 is 0 Å². The van der Waals surface area contributed by atoms with Crippen LogP contribution in [0.15, 0.2) is 12.1 Å². The van der Waals surface area contributed by atoms with Crippen LogP contribution in [0.2, 0.25) is 0 Å². The van der Waals surface area contributed by atoms with Crippen molar-refractivity contribution in [3.05, 3.63) is 29.0 Å². The summed E-state index contributed by atoms with van der Waals surface area (Å²) in [6, 6.07) is 3.46. The summed E-state index contributed by atoms with van der Waals surface area (Å²) in [6.07, 6.45) is 1.66. The van der Waals surface area contributed by atoms with Gasteiger partial charge in [-0.2, -0.15) is 0 Å². The molecule has 0 aliphatic rings. The SMILES string of the molecule is CCCc1c(C(=O)OCC)c2c(C(C)(C)N)c(O)ccc2n1C. The number of nitrogens with zero attached hydrogens (tertiary/aromatic N) is 1. The number of benzene rings is 1. The van der Waals surface area contributed by atoms with Gasteiger partial charge in [0, 0.05) is 34.7 Å². The predicted molar refractivity (Wildman–Crippen MR) is 91.7 cm³/mol. The molecule has 126 valence electrons. The van der Waals surface area contributed by atoms with Crippen LogP contribution in [0, 0.1) is 0 Å². The molecule has 0 aliphatic carbocycles. The Hall–Kier alpha value is -2.01. The van der Waals surface area contributed by atoms with Crippen molar-refractivity contribution >= 4 is 16.9 Å².